The summed E-state index contributed by atoms with van der Waals surface area (Å²) in [5.41, 5.74) is 1.69. The van der Waals surface area contributed by atoms with Crippen LogP contribution in [0.3, 0.4) is 0 Å². The molecule has 0 fully saturated rings. The molecule has 1 amide bonds. The van der Waals surface area contributed by atoms with Crippen LogP contribution in [-0.4, -0.2) is 47.5 Å². The van der Waals surface area contributed by atoms with Crippen molar-refractivity contribution >= 4 is 50.3 Å². The van der Waals surface area contributed by atoms with Crippen molar-refractivity contribution in [3.63, 3.8) is 0 Å². The summed E-state index contributed by atoms with van der Waals surface area (Å²) < 4.78 is 11.5. The number of nitrogens with zero attached hydrogens (tertiary/aromatic N) is 2. The Balaban J connectivity index is 1.62. The molecule has 2 heterocycles. The Kier molecular flexibility index (Phi) is 6.22. The number of aromatic nitrogens is 1. The molecule has 25 heavy (non-hydrogen) atoms. The topological polar surface area (TPSA) is 72.8 Å². The number of aliphatic imine (C=N–C) groups is 1. The van der Waals surface area contributed by atoms with Crippen molar-refractivity contribution in [2.45, 2.75) is 0 Å². The van der Waals surface area contributed by atoms with E-state index in [0.29, 0.717) is 22.4 Å². The highest BCUT2D eigenvalue weighted by Gasteiger charge is 2.13. The summed E-state index contributed by atoms with van der Waals surface area (Å²) in [5.74, 6) is 2.58. The van der Waals surface area contributed by atoms with Gasteiger partial charge in [-0.2, -0.15) is 0 Å². The maximum absolute atomic E-state index is 12.0. The van der Waals surface area contributed by atoms with Gasteiger partial charge < -0.3 is 14.8 Å². The number of carbonyl (C=O) groups is 1. The summed E-state index contributed by atoms with van der Waals surface area (Å²) in [6.07, 6.45) is 0. The molecule has 6 nitrogen and oxygen atoms in total. The highest BCUT2D eigenvalue weighted by atomic mass is 32.2. The van der Waals surface area contributed by atoms with Gasteiger partial charge in [0.05, 0.1) is 32.2 Å². The van der Waals surface area contributed by atoms with Gasteiger partial charge in [0, 0.05) is 16.7 Å². The lowest BCUT2D eigenvalue weighted by Crippen LogP contribution is -2.14. The van der Waals surface area contributed by atoms with E-state index in [1.165, 1.54) is 23.1 Å². The molecule has 0 unspecified atom stereocenters. The SMILES string of the molecule is COc1ccc(-c2csc(NC(=O)CSC3=NCCS3)n2)cc1OC. The number of hydrogen-bond donors (Lipinski definition) is 1. The lowest BCUT2D eigenvalue weighted by atomic mass is 10.1. The Bertz CT molecular complexity index is 792. The Morgan fingerprint density at radius 1 is 1.32 bits per heavy atom. The minimum absolute atomic E-state index is 0.0755. The van der Waals surface area contributed by atoms with Crippen LogP contribution in [-0.2, 0) is 4.79 Å². The number of anilines is 1. The third-order valence-corrected chi connectivity index (χ3v) is 6.32. The van der Waals surface area contributed by atoms with Crippen molar-refractivity contribution in [1.82, 2.24) is 4.98 Å². The molecule has 1 aliphatic rings. The molecular formula is C16H17N3O3S3. The van der Waals surface area contributed by atoms with Gasteiger partial charge in [0.1, 0.15) is 4.38 Å². The molecule has 1 aromatic heterocycles. The molecule has 0 saturated carbocycles. The van der Waals surface area contributed by atoms with Gasteiger partial charge in [-0.1, -0.05) is 23.5 Å². The van der Waals surface area contributed by atoms with Gasteiger partial charge in [0.2, 0.25) is 5.91 Å². The number of rotatable bonds is 6. The number of carbonyl (C=O) groups excluding carboxylic acids is 1. The second kappa shape index (κ2) is 8.59. The molecule has 2 aromatic rings. The minimum atomic E-state index is -0.0755. The van der Waals surface area contributed by atoms with Crippen LogP contribution < -0.4 is 14.8 Å². The first kappa shape index (κ1) is 18.1. The number of thiazole rings is 1. The molecule has 0 saturated heterocycles. The summed E-state index contributed by atoms with van der Waals surface area (Å²) in [7, 11) is 3.20. The molecule has 0 atom stereocenters. The zero-order valence-electron chi connectivity index (χ0n) is 13.8. The van der Waals surface area contributed by atoms with E-state index in [9.17, 15) is 4.79 Å². The number of nitrogens with one attached hydrogen (secondary N) is 1. The van der Waals surface area contributed by atoms with Gasteiger partial charge in [-0.25, -0.2) is 4.98 Å². The van der Waals surface area contributed by atoms with Crippen LogP contribution in [0, 0.1) is 0 Å². The van der Waals surface area contributed by atoms with E-state index in [1.54, 1.807) is 26.0 Å². The van der Waals surface area contributed by atoms with Crippen LogP contribution in [0.1, 0.15) is 0 Å². The molecule has 3 rings (SSSR count). The van der Waals surface area contributed by atoms with Crippen molar-refractivity contribution in [3.8, 4) is 22.8 Å². The average Bonchev–Trinajstić information content (AvgIpc) is 3.31. The first-order valence-corrected chi connectivity index (χ1v) is 10.3. The molecule has 0 aliphatic carbocycles. The summed E-state index contributed by atoms with van der Waals surface area (Å²) in [6.45, 7) is 0.843. The zero-order chi connectivity index (χ0) is 17.6. The van der Waals surface area contributed by atoms with Gasteiger partial charge >= 0.3 is 0 Å². The molecule has 0 spiro atoms. The highest BCUT2D eigenvalue weighted by molar-refractivity contribution is 8.39. The number of ether oxygens (including phenoxy) is 2. The van der Waals surface area contributed by atoms with E-state index in [1.807, 2.05) is 23.6 Å². The van der Waals surface area contributed by atoms with Crippen LogP contribution in [0.25, 0.3) is 11.3 Å². The van der Waals surface area contributed by atoms with Crippen molar-refractivity contribution in [1.29, 1.82) is 0 Å². The van der Waals surface area contributed by atoms with Crippen LogP contribution in [0.5, 0.6) is 11.5 Å². The predicted octanol–water partition coefficient (Wildman–Crippen LogP) is 3.60. The fourth-order valence-electron chi connectivity index (χ4n) is 2.14. The van der Waals surface area contributed by atoms with E-state index in [0.717, 1.165) is 27.9 Å². The largest absolute Gasteiger partial charge is 0.493 e. The van der Waals surface area contributed by atoms with Crippen molar-refractivity contribution in [2.24, 2.45) is 4.99 Å². The van der Waals surface area contributed by atoms with Gasteiger partial charge in [-0.15, -0.1) is 11.3 Å². The smallest absolute Gasteiger partial charge is 0.236 e. The van der Waals surface area contributed by atoms with E-state index < -0.39 is 0 Å². The summed E-state index contributed by atoms with van der Waals surface area (Å²) >= 11 is 4.56. The molecule has 0 bridgehead atoms. The highest BCUT2D eigenvalue weighted by Crippen LogP contribution is 2.33. The number of thioether (sulfide) groups is 2. The number of amides is 1. The normalized spacial score (nSPS) is 13.4. The second-order valence-electron chi connectivity index (χ2n) is 4.94. The zero-order valence-corrected chi connectivity index (χ0v) is 16.2. The maximum atomic E-state index is 12.0. The summed E-state index contributed by atoms with van der Waals surface area (Å²) in [6, 6.07) is 5.61. The lowest BCUT2D eigenvalue weighted by molar-refractivity contribution is -0.113. The maximum Gasteiger partial charge on any atom is 0.236 e. The van der Waals surface area contributed by atoms with E-state index in [-0.39, 0.29) is 5.91 Å². The Morgan fingerprint density at radius 3 is 2.88 bits per heavy atom. The van der Waals surface area contributed by atoms with Crippen LogP contribution in [0.2, 0.25) is 0 Å². The van der Waals surface area contributed by atoms with Crippen LogP contribution in [0.4, 0.5) is 5.13 Å². The van der Waals surface area contributed by atoms with Gasteiger partial charge in [-0.05, 0) is 18.2 Å². The Hall–Kier alpha value is -1.71. The number of methoxy groups -OCH3 is 2. The lowest BCUT2D eigenvalue weighted by Gasteiger charge is -2.08. The molecule has 1 aromatic carbocycles. The second-order valence-corrected chi connectivity index (χ2v) is 8.10. The first-order chi connectivity index (χ1) is 12.2. The van der Waals surface area contributed by atoms with Gasteiger partial charge in [-0.3, -0.25) is 9.79 Å². The Labute approximate surface area is 158 Å². The van der Waals surface area contributed by atoms with Crippen molar-refractivity contribution in [3.05, 3.63) is 23.6 Å². The van der Waals surface area contributed by atoms with Crippen molar-refractivity contribution in [2.75, 3.05) is 37.6 Å². The molecule has 1 aliphatic heterocycles. The van der Waals surface area contributed by atoms with Crippen LogP contribution in [0.15, 0.2) is 28.6 Å². The third-order valence-electron chi connectivity index (χ3n) is 3.31. The summed E-state index contributed by atoms with van der Waals surface area (Å²) in [5, 5.41) is 5.32. The molecule has 1 N–H and O–H groups in total. The van der Waals surface area contributed by atoms with Gasteiger partial charge in [0.25, 0.3) is 0 Å². The third kappa shape index (κ3) is 4.68. The quantitative estimate of drug-likeness (QED) is 0.806. The van der Waals surface area contributed by atoms with E-state index in [2.05, 4.69) is 15.3 Å². The molecule has 132 valence electrons. The standard InChI is InChI=1S/C16H17N3O3S3/c1-21-12-4-3-10(7-13(12)22-2)11-8-24-15(18-11)19-14(20)9-25-16-17-5-6-23-16/h3-4,7-8H,5-6,9H2,1-2H3,(H,18,19,20). The molecular weight excluding hydrogens is 378 g/mol. The van der Waals surface area contributed by atoms with E-state index in [4.69, 9.17) is 9.47 Å². The van der Waals surface area contributed by atoms with E-state index >= 15 is 0 Å². The monoisotopic (exact) mass is 395 g/mol. The average molecular weight is 396 g/mol. The Morgan fingerprint density at radius 2 is 2.16 bits per heavy atom. The molecule has 9 heteroatoms. The van der Waals surface area contributed by atoms with Crippen LogP contribution >= 0.6 is 34.9 Å². The first-order valence-electron chi connectivity index (χ1n) is 7.47. The fraction of sp³-hybridized carbons (Fsp3) is 0.312. The fourth-order valence-corrected chi connectivity index (χ4v) is 4.69. The summed E-state index contributed by atoms with van der Waals surface area (Å²) in [4.78, 5) is 20.8. The number of hydrogen-bond acceptors (Lipinski definition) is 8. The molecule has 0 radical (unpaired) electrons. The predicted molar refractivity (Wildman–Crippen MR) is 107 cm³/mol. The number of benzene rings is 1. The van der Waals surface area contributed by atoms with Crippen molar-refractivity contribution < 1.29 is 14.3 Å². The van der Waals surface area contributed by atoms with Gasteiger partial charge in [0.15, 0.2) is 16.6 Å². The minimum Gasteiger partial charge on any atom is -0.493 e.